The van der Waals surface area contributed by atoms with E-state index in [1.807, 2.05) is 13.8 Å². The predicted octanol–water partition coefficient (Wildman–Crippen LogP) is 1.74. The molecule has 0 saturated carbocycles. The number of nitrogens with zero attached hydrogens (tertiary/aromatic N) is 4. The van der Waals surface area contributed by atoms with Gasteiger partial charge < -0.3 is 9.32 Å². The molecule has 0 aliphatic carbocycles. The highest BCUT2D eigenvalue weighted by Crippen LogP contribution is 2.31. The van der Waals surface area contributed by atoms with Gasteiger partial charge in [0.05, 0.1) is 6.54 Å². The van der Waals surface area contributed by atoms with Gasteiger partial charge in [-0.3, -0.25) is 9.69 Å². The monoisotopic (exact) mass is 292 g/mol. The molecule has 3 heterocycles. The molecule has 0 spiro atoms. The summed E-state index contributed by atoms with van der Waals surface area (Å²) in [4.78, 5) is 16.6. The summed E-state index contributed by atoms with van der Waals surface area (Å²) in [6.45, 7) is 6.44. The highest BCUT2D eigenvalue weighted by atomic mass is 16.4. The summed E-state index contributed by atoms with van der Waals surface area (Å²) < 4.78 is 5.51. The van der Waals surface area contributed by atoms with Crippen LogP contribution in [0.1, 0.15) is 50.8 Å². The molecule has 2 saturated heterocycles. The van der Waals surface area contributed by atoms with E-state index in [1.54, 1.807) is 0 Å². The summed E-state index contributed by atoms with van der Waals surface area (Å²) in [6.07, 6.45) is 5.19. The Hall–Kier alpha value is -1.43. The summed E-state index contributed by atoms with van der Waals surface area (Å²) >= 11 is 0. The molecule has 116 valence electrons. The molecule has 0 aromatic carbocycles. The standard InChI is InChI=1S/C15H24N4O2/c1-3-15(20)19-9-5-7-13(19)12-6-4-8-18(12)10-14-17-16-11(2)21-14/h12-13H,3-10H2,1-2H3/t12-,13-/m0/s1. The first kappa shape index (κ1) is 14.5. The summed E-state index contributed by atoms with van der Waals surface area (Å²) in [7, 11) is 0. The van der Waals surface area contributed by atoms with E-state index in [2.05, 4.69) is 20.0 Å². The zero-order valence-electron chi connectivity index (χ0n) is 12.9. The number of amides is 1. The number of aromatic nitrogens is 2. The molecule has 21 heavy (non-hydrogen) atoms. The minimum atomic E-state index is 0.290. The van der Waals surface area contributed by atoms with E-state index in [0.29, 0.717) is 36.8 Å². The van der Waals surface area contributed by atoms with Gasteiger partial charge in [-0.1, -0.05) is 6.92 Å². The number of hydrogen-bond donors (Lipinski definition) is 0. The van der Waals surface area contributed by atoms with Gasteiger partial charge in [-0.15, -0.1) is 10.2 Å². The second kappa shape index (κ2) is 6.13. The van der Waals surface area contributed by atoms with Crippen LogP contribution in [0.3, 0.4) is 0 Å². The molecule has 2 atom stereocenters. The Balaban J connectivity index is 1.69. The van der Waals surface area contributed by atoms with Crippen molar-refractivity contribution in [1.29, 1.82) is 0 Å². The van der Waals surface area contributed by atoms with Gasteiger partial charge in [0.1, 0.15) is 0 Å². The smallest absolute Gasteiger partial charge is 0.230 e. The molecular formula is C15H24N4O2. The fourth-order valence-corrected chi connectivity index (χ4v) is 3.76. The Morgan fingerprint density at radius 3 is 2.71 bits per heavy atom. The fourth-order valence-electron chi connectivity index (χ4n) is 3.76. The van der Waals surface area contributed by atoms with Crippen molar-refractivity contribution in [3.63, 3.8) is 0 Å². The Morgan fingerprint density at radius 1 is 1.24 bits per heavy atom. The largest absolute Gasteiger partial charge is 0.424 e. The molecule has 1 aromatic rings. The Labute approximate surface area is 125 Å². The van der Waals surface area contributed by atoms with Crippen molar-refractivity contribution in [3.05, 3.63) is 11.8 Å². The predicted molar refractivity (Wildman–Crippen MR) is 77.5 cm³/mol. The molecule has 1 aromatic heterocycles. The molecule has 6 nitrogen and oxygen atoms in total. The topological polar surface area (TPSA) is 62.5 Å². The van der Waals surface area contributed by atoms with Gasteiger partial charge in [0.15, 0.2) is 0 Å². The fraction of sp³-hybridized carbons (Fsp3) is 0.800. The third-order valence-corrected chi connectivity index (χ3v) is 4.69. The van der Waals surface area contributed by atoms with Crippen molar-refractivity contribution in [2.45, 2.75) is 64.6 Å². The van der Waals surface area contributed by atoms with Crippen LogP contribution in [-0.4, -0.2) is 51.1 Å². The second-order valence-corrected chi connectivity index (χ2v) is 6.05. The number of carbonyl (C=O) groups is 1. The van der Waals surface area contributed by atoms with Crippen LogP contribution in [0.25, 0.3) is 0 Å². The third-order valence-electron chi connectivity index (χ3n) is 4.69. The van der Waals surface area contributed by atoms with E-state index in [9.17, 15) is 4.79 Å². The molecule has 3 rings (SSSR count). The molecule has 1 amide bonds. The molecule has 0 radical (unpaired) electrons. The number of aryl methyl sites for hydroxylation is 1. The summed E-state index contributed by atoms with van der Waals surface area (Å²) in [6, 6.07) is 0.805. The van der Waals surface area contributed by atoms with Crippen LogP contribution in [0.2, 0.25) is 0 Å². The van der Waals surface area contributed by atoms with Crippen molar-refractivity contribution >= 4 is 5.91 Å². The number of likely N-dealkylation sites (tertiary alicyclic amines) is 2. The molecule has 0 N–H and O–H groups in total. The minimum Gasteiger partial charge on any atom is -0.424 e. The van der Waals surface area contributed by atoms with E-state index in [4.69, 9.17) is 4.42 Å². The Bertz CT molecular complexity index is 502. The van der Waals surface area contributed by atoms with Gasteiger partial charge in [0.2, 0.25) is 17.7 Å². The number of carbonyl (C=O) groups excluding carboxylic acids is 1. The molecular weight excluding hydrogens is 268 g/mol. The number of hydrogen-bond acceptors (Lipinski definition) is 5. The van der Waals surface area contributed by atoms with Crippen molar-refractivity contribution in [3.8, 4) is 0 Å². The van der Waals surface area contributed by atoms with Crippen LogP contribution in [0.15, 0.2) is 4.42 Å². The normalized spacial score (nSPS) is 26.7. The van der Waals surface area contributed by atoms with Crippen LogP contribution < -0.4 is 0 Å². The summed E-state index contributed by atoms with van der Waals surface area (Å²) in [5.41, 5.74) is 0. The van der Waals surface area contributed by atoms with Gasteiger partial charge in [-0.2, -0.15) is 0 Å². The van der Waals surface area contributed by atoms with Crippen LogP contribution in [0.4, 0.5) is 0 Å². The molecule has 2 fully saturated rings. The van der Waals surface area contributed by atoms with Crippen molar-refractivity contribution in [2.24, 2.45) is 0 Å². The van der Waals surface area contributed by atoms with Crippen molar-refractivity contribution in [1.82, 2.24) is 20.0 Å². The van der Waals surface area contributed by atoms with Crippen LogP contribution in [0.5, 0.6) is 0 Å². The Morgan fingerprint density at radius 2 is 2.00 bits per heavy atom. The molecule has 0 bridgehead atoms. The zero-order chi connectivity index (χ0) is 14.8. The first-order chi connectivity index (χ1) is 10.2. The van der Waals surface area contributed by atoms with Crippen LogP contribution in [0, 0.1) is 6.92 Å². The first-order valence-corrected chi connectivity index (χ1v) is 8.01. The minimum absolute atomic E-state index is 0.290. The highest BCUT2D eigenvalue weighted by Gasteiger charge is 2.39. The van der Waals surface area contributed by atoms with Gasteiger partial charge in [0, 0.05) is 32.0 Å². The van der Waals surface area contributed by atoms with Gasteiger partial charge >= 0.3 is 0 Å². The lowest BCUT2D eigenvalue weighted by Crippen LogP contribution is -2.47. The maximum absolute atomic E-state index is 12.1. The van der Waals surface area contributed by atoms with Gasteiger partial charge in [-0.05, 0) is 32.2 Å². The lowest BCUT2D eigenvalue weighted by Gasteiger charge is -2.34. The number of rotatable bonds is 4. The maximum Gasteiger partial charge on any atom is 0.230 e. The highest BCUT2D eigenvalue weighted by molar-refractivity contribution is 5.76. The average Bonchev–Trinajstić information content (AvgIpc) is 3.18. The van der Waals surface area contributed by atoms with E-state index in [-0.39, 0.29) is 5.91 Å². The average molecular weight is 292 g/mol. The van der Waals surface area contributed by atoms with E-state index < -0.39 is 0 Å². The zero-order valence-corrected chi connectivity index (χ0v) is 12.9. The van der Waals surface area contributed by atoms with E-state index in [1.165, 1.54) is 6.42 Å². The molecule has 0 unspecified atom stereocenters. The quantitative estimate of drug-likeness (QED) is 0.846. The van der Waals surface area contributed by atoms with E-state index >= 15 is 0 Å². The Kier molecular flexibility index (Phi) is 4.24. The van der Waals surface area contributed by atoms with Crippen molar-refractivity contribution < 1.29 is 9.21 Å². The lowest BCUT2D eigenvalue weighted by molar-refractivity contribution is -0.132. The van der Waals surface area contributed by atoms with Crippen LogP contribution >= 0.6 is 0 Å². The second-order valence-electron chi connectivity index (χ2n) is 6.05. The van der Waals surface area contributed by atoms with Crippen LogP contribution in [-0.2, 0) is 11.3 Å². The molecule has 2 aliphatic heterocycles. The third kappa shape index (κ3) is 2.95. The van der Waals surface area contributed by atoms with Crippen molar-refractivity contribution in [2.75, 3.05) is 13.1 Å². The lowest BCUT2D eigenvalue weighted by atomic mass is 10.0. The SMILES string of the molecule is CCC(=O)N1CCC[C@H]1[C@@H]1CCCN1Cc1nnc(C)o1. The molecule has 6 heteroatoms. The van der Waals surface area contributed by atoms with Gasteiger partial charge in [-0.25, -0.2) is 0 Å². The maximum atomic E-state index is 12.1. The summed E-state index contributed by atoms with van der Waals surface area (Å²) in [5, 5.41) is 8.00. The van der Waals surface area contributed by atoms with E-state index in [0.717, 1.165) is 32.4 Å². The first-order valence-electron chi connectivity index (χ1n) is 8.01. The summed E-state index contributed by atoms with van der Waals surface area (Å²) in [5.74, 6) is 1.59. The van der Waals surface area contributed by atoms with Gasteiger partial charge in [0.25, 0.3) is 0 Å². The molecule has 2 aliphatic rings.